The number of amides is 1. The number of fused-ring (bicyclic) bond motifs is 2. The average Bonchev–Trinajstić information content (AvgIpc) is 3.21. The van der Waals surface area contributed by atoms with Crippen molar-refractivity contribution in [3.63, 3.8) is 0 Å². The number of carbonyl (C=O) groups excluding carboxylic acids is 1. The molecule has 2 aliphatic heterocycles. The van der Waals surface area contributed by atoms with Crippen molar-refractivity contribution in [2.24, 2.45) is 0 Å². The summed E-state index contributed by atoms with van der Waals surface area (Å²) in [6.07, 6.45) is 2.52. The molecule has 0 bridgehead atoms. The van der Waals surface area contributed by atoms with Crippen LogP contribution in [0, 0.1) is 0 Å². The van der Waals surface area contributed by atoms with E-state index in [4.69, 9.17) is 14.7 Å². The summed E-state index contributed by atoms with van der Waals surface area (Å²) in [5.41, 5.74) is 4.04. The number of ether oxygens (including phenoxy) is 1. The molecule has 0 saturated carbocycles. The molecule has 2 aliphatic rings. The number of nitrogens with one attached hydrogen (secondary N) is 1. The molecule has 2 atom stereocenters. The molecule has 1 amide bonds. The predicted octanol–water partition coefficient (Wildman–Crippen LogP) is 3.82. The van der Waals surface area contributed by atoms with Gasteiger partial charge in [0.05, 0.1) is 51.9 Å². The number of sulfone groups is 1. The molecule has 0 unspecified atom stereocenters. The summed E-state index contributed by atoms with van der Waals surface area (Å²) in [7, 11) is -3.27. The minimum absolute atomic E-state index is 0.0345. The molecule has 4 aromatic rings. The zero-order chi connectivity index (χ0) is 27.1. The molecule has 1 fully saturated rings. The van der Waals surface area contributed by atoms with E-state index in [2.05, 4.69) is 29.0 Å². The Labute approximate surface area is 227 Å². The van der Waals surface area contributed by atoms with Gasteiger partial charge in [0.15, 0.2) is 9.84 Å². The van der Waals surface area contributed by atoms with Crippen molar-refractivity contribution in [2.75, 3.05) is 29.1 Å². The fourth-order valence-electron chi connectivity index (χ4n) is 5.26. The van der Waals surface area contributed by atoms with E-state index in [9.17, 15) is 13.2 Å². The fourth-order valence-corrected chi connectivity index (χ4v) is 6.84. The van der Waals surface area contributed by atoms with E-state index in [1.54, 1.807) is 24.4 Å². The lowest BCUT2D eigenvalue weighted by atomic mass is 10.1. The van der Waals surface area contributed by atoms with Crippen LogP contribution in [-0.4, -0.2) is 60.3 Å². The number of anilines is 2. The summed E-state index contributed by atoms with van der Waals surface area (Å²) < 4.78 is 30.3. The third kappa shape index (κ3) is 5.35. The topological polar surface area (TPSA) is 114 Å². The normalized spacial score (nSPS) is 20.1. The van der Waals surface area contributed by atoms with E-state index < -0.39 is 9.84 Å². The highest BCUT2D eigenvalue weighted by Gasteiger charge is 2.26. The van der Waals surface area contributed by atoms with Crippen molar-refractivity contribution in [1.29, 1.82) is 0 Å². The molecule has 0 spiro atoms. The molecular weight excluding hydrogens is 514 g/mol. The number of hydrogen-bond donors (Lipinski definition) is 1. The summed E-state index contributed by atoms with van der Waals surface area (Å²) in [6.45, 7) is 5.70. The Morgan fingerprint density at radius 1 is 1.03 bits per heavy atom. The first kappa shape index (κ1) is 25.4. The van der Waals surface area contributed by atoms with Crippen LogP contribution < -0.4 is 10.2 Å². The Morgan fingerprint density at radius 2 is 1.82 bits per heavy atom. The van der Waals surface area contributed by atoms with Crippen LogP contribution in [0.3, 0.4) is 0 Å². The van der Waals surface area contributed by atoms with Gasteiger partial charge in [-0.05, 0) is 68.3 Å². The highest BCUT2D eigenvalue weighted by atomic mass is 32.2. The standard InChI is InChI=1S/C29H29N5O4S/c1-18-16-34(17-19(2)38-18)28-5-3-4-24(33-28)25-9-7-21-15-30-23(12-26(21)32-25)14-29(35)31-22-8-6-20-10-11-39(36,37)27(20)13-22/h3-9,12-13,15,18-19H,10-11,14,16-17H2,1-2H3,(H,31,35)/t18-,19+. The van der Waals surface area contributed by atoms with Crippen molar-refractivity contribution < 1.29 is 17.9 Å². The van der Waals surface area contributed by atoms with Crippen molar-refractivity contribution in [1.82, 2.24) is 15.0 Å². The van der Waals surface area contributed by atoms with Gasteiger partial charge in [-0.1, -0.05) is 12.1 Å². The molecule has 0 radical (unpaired) electrons. The minimum Gasteiger partial charge on any atom is -0.372 e. The van der Waals surface area contributed by atoms with Crippen LogP contribution in [0.4, 0.5) is 11.5 Å². The predicted molar refractivity (Wildman–Crippen MR) is 150 cm³/mol. The second kappa shape index (κ2) is 10.0. The first-order valence-corrected chi connectivity index (χ1v) is 14.7. The number of nitrogens with zero attached hydrogens (tertiary/aromatic N) is 4. The average molecular weight is 544 g/mol. The lowest BCUT2D eigenvalue weighted by molar-refractivity contribution is -0.115. The summed E-state index contributed by atoms with van der Waals surface area (Å²) >= 11 is 0. The molecular formula is C29H29N5O4S. The Kier molecular flexibility index (Phi) is 6.52. The molecule has 1 N–H and O–H groups in total. The lowest BCUT2D eigenvalue weighted by Crippen LogP contribution is -2.45. The maximum atomic E-state index is 12.8. The molecule has 200 valence electrons. The monoisotopic (exact) mass is 543 g/mol. The first-order chi connectivity index (χ1) is 18.7. The van der Waals surface area contributed by atoms with Gasteiger partial charge in [0.1, 0.15) is 5.82 Å². The van der Waals surface area contributed by atoms with E-state index in [1.165, 1.54) is 6.07 Å². The zero-order valence-corrected chi connectivity index (χ0v) is 22.6. The molecule has 9 nitrogen and oxygen atoms in total. The summed E-state index contributed by atoms with van der Waals surface area (Å²) in [4.78, 5) is 29.4. The molecule has 1 saturated heterocycles. The van der Waals surface area contributed by atoms with Crippen LogP contribution in [-0.2, 0) is 32.2 Å². The lowest BCUT2D eigenvalue weighted by Gasteiger charge is -2.36. The van der Waals surface area contributed by atoms with E-state index in [0.717, 1.165) is 46.8 Å². The molecule has 1 aromatic carbocycles. The van der Waals surface area contributed by atoms with Gasteiger partial charge >= 0.3 is 0 Å². The Hall–Kier alpha value is -3.89. The zero-order valence-electron chi connectivity index (χ0n) is 21.8. The third-order valence-corrected chi connectivity index (χ3v) is 8.83. The van der Waals surface area contributed by atoms with Crippen LogP contribution in [0.1, 0.15) is 25.1 Å². The maximum Gasteiger partial charge on any atom is 0.230 e. The number of benzene rings is 1. The van der Waals surface area contributed by atoms with Crippen LogP contribution in [0.15, 0.2) is 65.7 Å². The van der Waals surface area contributed by atoms with Crippen LogP contribution in [0.5, 0.6) is 0 Å². The molecule has 5 heterocycles. The second-order valence-electron chi connectivity index (χ2n) is 10.2. The number of pyridine rings is 3. The smallest absolute Gasteiger partial charge is 0.230 e. The van der Waals surface area contributed by atoms with Crippen molar-refractivity contribution >= 4 is 38.2 Å². The van der Waals surface area contributed by atoms with Gasteiger partial charge in [0.25, 0.3) is 0 Å². The van der Waals surface area contributed by atoms with E-state index in [0.29, 0.717) is 22.7 Å². The number of rotatable bonds is 5. The first-order valence-electron chi connectivity index (χ1n) is 13.0. The number of morpholine rings is 1. The van der Waals surface area contributed by atoms with Crippen LogP contribution in [0.2, 0.25) is 0 Å². The van der Waals surface area contributed by atoms with Gasteiger partial charge < -0.3 is 15.0 Å². The van der Waals surface area contributed by atoms with Gasteiger partial charge in [-0.15, -0.1) is 0 Å². The molecule has 10 heteroatoms. The van der Waals surface area contributed by atoms with Gasteiger partial charge in [-0.2, -0.15) is 0 Å². The summed E-state index contributed by atoms with van der Waals surface area (Å²) in [6, 6.07) is 16.7. The number of aryl methyl sites for hydroxylation is 1. The molecule has 3 aromatic heterocycles. The maximum absolute atomic E-state index is 12.8. The SMILES string of the molecule is C[C@@H]1CN(c2cccc(-c3ccc4cnc(CC(=O)Nc5ccc6c(c5)S(=O)(=O)CC6)cc4n3)n2)C[C@H](C)O1. The Bertz CT molecular complexity index is 1680. The van der Waals surface area contributed by atoms with Crippen LogP contribution in [0.25, 0.3) is 22.3 Å². The largest absolute Gasteiger partial charge is 0.372 e. The third-order valence-electron chi connectivity index (χ3n) is 7.04. The Balaban J connectivity index is 1.20. The van der Waals surface area contributed by atoms with E-state index >= 15 is 0 Å². The highest BCUT2D eigenvalue weighted by molar-refractivity contribution is 7.91. The molecule has 39 heavy (non-hydrogen) atoms. The van der Waals surface area contributed by atoms with Crippen molar-refractivity contribution in [2.45, 2.75) is 43.8 Å². The van der Waals surface area contributed by atoms with Gasteiger partial charge in [-0.3, -0.25) is 9.78 Å². The molecule has 0 aliphatic carbocycles. The second-order valence-corrected chi connectivity index (χ2v) is 12.3. The van der Waals surface area contributed by atoms with Crippen molar-refractivity contribution in [3.8, 4) is 11.4 Å². The van der Waals surface area contributed by atoms with E-state index in [-0.39, 0.29) is 30.3 Å². The number of hydrogen-bond acceptors (Lipinski definition) is 8. The number of carbonyl (C=O) groups is 1. The highest BCUT2D eigenvalue weighted by Crippen LogP contribution is 2.29. The van der Waals surface area contributed by atoms with Gasteiger partial charge in [-0.25, -0.2) is 18.4 Å². The summed E-state index contributed by atoms with van der Waals surface area (Å²) in [5, 5.41) is 3.66. The van der Waals surface area contributed by atoms with E-state index in [1.807, 2.05) is 30.3 Å². The Morgan fingerprint density at radius 3 is 2.64 bits per heavy atom. The minimum atomic E-state index is -3.27. The fraction of sp³-hybridized carbons (Fsp3) is 0.310. The molecule has 6 rings (SSSR count). The van der Waals surface area contributed by atoms with Gasteiger partial charge in [0, 0.05) is 30.4 Å². The van der Waals surface area contributed by atoms with Crippen molar-refractivity contribution in [3.05, 3.63) is 72.1 Å². The number of aromatic nitrogens is 3. The van der Waals surface area contributed by atoms with Gasteiger partial charge in [0.2, 0.25) is 5.91 Å². The summed E-state index contributed by atoms with van der Waals surface area (Å²) in [5.74, 6) is 0.723. The quantitative estimate of drug-likeness (QED) is 0.404. The van der Waals surface area contributed by atoms with Crippen LogP contribution >= 0.6 is 0 Å².